The number of hydrogen-bond donors (Lipinski definition) is 1. The van der Waals surface area contributed by atoms with Gasteiger partial charge in [-0.25, -0.2) is 0 Å². The second kappa shape index (κ2) is 7.97. The molecular weight excluding hydrogens is 330 g/mol. The number of hydrogen-bond acceptors (Lipinski definition) is 5. The number of nitrogens with one attached hydrogen (secondary N) is 1. The molecule has 0 unspecified atom stereocenters. The SMILES string of the molecule is O=C(c1cc([C@H]2CCCCN2Cc2cccnc2)[nH]n1)N1CCOCC1. The van der Waals surface area contributed by atoms with Crippen LogP contribution in [0.5, 0.6) is 0 Å². The van der Waals surface area contributed by atoms with Gasteiger partial charge in [-0.05, 0) is 37.1 Å². The molecule has 2 saturated heterocycles. The van der Waals surface area contributed by atoms with Gasteiger partial charge in [-0.1, -0.05) is 12.5 Å². The zero-order valence-corrected chi connectivity index (χ0v) is 14.9. The Morgan fingerprint density at radius 2 is 2.15 bits per heavy atom. The van der Waals surface area contributed by atoms with Crippen molar-refractivity contribution in [1.29, 1.82) is 0 Å². The fourth-order valence-electron chi connectivity index (χ4n) is 3.80. The fraction of sp³-hybridized carbons (Fsp3) is 0.526. The number of H-pyrrole nitrogens is 1. The van der Waals surface area contributed by atoms with E-state index in [1.807, 2.05) is 23.2 Å². The molecule has 0 aromatic carbocycles. The summed E-state index contributed by atoms with van der Waals surface area (Å²) < 4.78 is 5.32. The summed E-state index contributed by atoms with van der Waals surface area (Å²) in [5.41, 5.74) is 2.75. The van der Waals surface area contributed by atoms with Crippen molar-refractivity contribution in [2.24, 2.45) is 0 Å². The van der Waals surface area contributed by atoms with Gasteiger partial charge in [0.2, 0.25) is 0 Å². The lowest BCUT2D eigenvalue weighted by atomic mass is 9.98. The van der Waals surface area contributed by atoms with E-state index in [1.54, 1.807) is 6.20 Å². The summed E-state index contributed by atoms with van der Waals surface area (Å²) in [5.74, 6) is -0.00887. The molecule has 2 aromatic rings. The Morgan fingerprint density at radius 1 is 1.27 bits per heavy atom. The van der Waals surface area contributed by atoms with E-state index < -0.39 is 0 Å². The van der Waals surface area contributed by atoms with E-state index in [9.17, 15) is 4.79 Å². The van der Waals surface area contributed by atoms with E-state index >= 15 is 0 Å². The number of likely N-dealkylation sites (tertiary alicyclic amines) is 1. The topological polar surface area (TPSA) is 74.4 Å². The summed E-state index contributed by atoms with van der Waals surface area (Å²) in [6.45, 7) is 4.39. The van der Waals surface area contributed by atoms with Gasteiger partial charge in [0.05, 0.1) is 24.9 Å². The molecular formula is C19H25N5O2. The number of carbonyl (C=O) groups is 1. The summed E-state index contributed by atoms with van der Waals surface area (Å²) in [6.07, 6.45) is 7.19. The minimum atomic E-state index is -0.00887. The standard InChI is InChI=1S/C19H25N5O2/c25-19(23-8-10-26-11-9-23)17-12-16(21-22-17)18-5-1-2-7-24(18)14-15-4-3-6-20-13-15/h3-4,6,12-13,18H,1-2,5,7-11,14H2,(H,21,22)/t18-/m1/s1. The Balaban J connectivity index is 1.48. The molecule has 2 fully saturated rings. The van der Waals surface area contributed by atoms with Gasteiger partial charge < -0.3 is 9.64 Å². The van der Waals surface area contributed by atoms with E-state index in [4.69, 9.17) is 4.74 Å². The lowest BCUT2D eigenvalue weighted by Gasteiger charge is -2.35. The molecule has 2 aliphatic rings. The van der Waals surface area contributed by atoms with Crippen molar-refractivity contribution in [2.75, 3.05) is 32.8 Å². The van der Waals surface area contributed by atoms with Crippen LogP contribution in [0.2, 0.25) is 0 Å². The summed E-state index contributed by atoms with van der Waals surface area (Å²) >= 11 is 0. The molecule has 0 bridgehead atoms. The molecule has 0 radical (unpaired) electrons. The predicted molar refractivity (Wildman–Crippen MR) is 96.5 cm³/mol. The number of carbonyl (C=O) groups excluding carboxylic acids is 1. The Hall–Kier alpha value is -2.25. The molecule has 0 spiro atoms. The molecule has 4 heterocycles. The lowest BCUT2D eigenvalue weighted by molar-refractivity contribution is 0.0299. The zero-order chi connectivity index (χ0) is 17.8. The predicted octanol–water partition coefficient (Wildman–Crippen LogP) is 2.00. The zero-order valence-electron chi connectivity index (χ0n) is 14.9. The highest BCUT2D eigenvalue weighted by atomic mass is 16.5. The van der Waals surface area contributed by atoms with Gasteiger partial charge in [-0.15, -0.1) is 0 Å². The summed E-state index contributed by atoms with van der Waals surface area (Å²) in [5, 5.41) is 7.44. The Labute approximate surface area is 153 Å². The highest BCUT2D eigenvalue weighted by Gasteiger charge is 2.28. The van der Waals surface area contributed by atoms with Crippen LogP contribution in [0.25, 0.3) is 0 Å². The molecule has 7 nitrogen and oxygen atoms in total. The number of piperidine rings is 1. The molecule has 26 heavy (non-hydrogen) atoms. The Kier molecular flexibility index (Phi) is 5.26. The average Bonchev–Trinajstić information content (AvgIpc) is 3.19. The molecule has 2 aromatic heterocycles. The third kappa shape index (κ3) is 3.78. The normalized spacial score (nSPS) is 21.7. The average molecular weight is 355 g/mol. The van der Waals surface area contributed by atoms with Crippen molar-refractivity contribution in [1.82, 2.24) is 25.0 Å². The van der Waals surface area contributed by atoms with Crippen LogP contribution >= 0.6 is 0 Å². The first kappa shape index (κ1) is 17.2. The number of aromatic nitrogens is 3. The Bertz CT molecular complexity index is 727. The number of rotatable bonds is 4. The summed E-state index contributed by atoms with van der Waals surface area (Å²) in [7, 11) is 0. The first-order valence-electron chi connectivity index (χ1n) is 9.36. The molecule has 1 N–H and O–H groups in total. The lowest BCUT2D eigenvalue weighted by Crippen LogP contribution is -2.40. The van der Waals surface area contributed by atoms with Crippen LogP contribution < -0.4 is 0 Å². The number of morpholine rings is 1. The minimum absolute atomic E-state index is 0.00887. The van der Waals surface area contributed by atoms with Gasteiger partial charge in [0, 0.05) is 32.0 Å². The van der Waals surface area contributed by atoms with Gasteiger partial charge in [-0.3, -0.25) is 19.8 Å². The van der Waals surface area contributed by atoms with E-state index in [0.717, 1.165) is 25.2 Å². The molecule has 2 aliphatic heterocycles. The van der Waals surface area contributed by atoms with Crippen molar-refractivity contribution in [3.8, 4) is 0 Å². The highest BCUT2D eigenvalue weighted by molar-refractivity contribution is 5.92. The van der Waals surface area contributed by atoms with Crippen LogP contribution in [0.4, 0.5) is 0 Å². The molecule has 138 valence electrons. The van der Waals surface area contributed by atoms with E-state index in [0.29, 0.717) is 32.0 Å². The molecule has 1 atom stereocenters. The summed E-state index contributed by atoms with van der Waals surface area (Å²) in [4.78, 5) is 21.1. The number of ether oxygens (including phenoxy) is 1. The van der Waals surface area contributed by atoms with Crippen molar-refractivity contribution in [2.45, 2.75) is 31.8 Å². The molecule has 1 amide bonds. The smallest absolute Gasteiger partial charge is 0.274 e. The van der Waals surface area contributed by atoms with Crippen LogP contribution in [0, 0.1) is 0 Å². The van der Waals surface area contributed by atoms with Gasteiger partial charge in [0.15, 0.2) is 0 Å². The van der Waals surface area contributed by atoms with Crippen LogP contribution in [0.3, 0.4) is 0 Å². The molecule has 0 saturated carbocycles. The quantitative estimate of drug-likeness (QED) is 0.908. The fourth-order valence-corrected chi connectivity index (χ4v) is 3.80. The van der Waals surface area contributed by atoms with Gasteiger partial charge in [0.1, 0.15) is 5.69 Å². The van der Waals surface area contributed by atoms with Crippen LogP contribution in [0.1, 0.15) is 47.1 Å². The molecule has 0 aliphatic carbocycles. The second-order valence-electron chi connectivity index (χ2n) is 6.96. The minimum Gasteiger partial charge on any atom is -0.378 e. The summed E-state index contributed by atoms with van der Waals surface area (Å²) in [6, 6.07) is 6.29. The monoisotopic (exact) mass is 355 g/mol. The number of amides is 1. The van der Waals surface area contributed by atoms with Crippen LogP contribution in [-0.4, -0.2) is 63.7 Å². The van der Waals surface area contributed by atoms with Crippen molar-refractivity contribution >= 4 is 5.91 Å². The second-order valence-corrected chi connectivity index (χ2v) is 6.96. The van der Waals surface area contributed by atoms with Crippen LogP contribution in [0.15, 0.2) is 30.6 Å². The van der Waals surface area contributed by atoms with Crippen molar-refractivity contribution in [3.05, 3.63) is 47.5 Å². The number of aromatic amines is 1. The maximum Gasteiger partial charge on any atom is 0.274 e. The van der Waals surface area contributed by atoms with Crippen LogP contribution in [-0.2, 0) is 11.3 Å². The largest absolute Gasteiger partial charge is 0.378 e. The van der Waals surface area contributed by atoms with E-state index in [2.05, 4.69) is 26.1 Å². The van der Waals surface area contributed by atoms with Gasteiger partial charge >= 0.3 is 0 Å². The van der Waals surface area contributed by atoms with Gasteiger partial charge in [-0.2, -0.15) is 5.10 Å². The third-order valence-electron chi connectivity index (χ3n) is 5.20. The third-order valence-corrected chi connectivity index (χ3v) is 5.20. The highest BCUT2D eigenvalue weighted by Crippen LogP contribution is 2.31. The van der Waals surface area contributed by atoms with E-state index in [1.165, 1.54) is 18.4 Å². The number of nitrogens with zero attached hydrogens (tertiary/aromatic N) is 4. The van der Waals surface area contributed by atoms with Gasteiger partial charge in [0.25, 0.3) is 5.91 Å². The number of pyridine rings is 1. The first-order chi connectivity index (χ1) is 12.8. The first-order valence-corrected chi connectivity index (χ1v) is 9.36. The maximum absolute atomic E-state index is 12.6. The molecule has 7 heteroatoms. The Morgan fingerprint density at radius 3 is 2.96 bits per heavy atom. The molecule has 4 rings (SSSR count). The maximum atomic E-state index is 12.6. The van der Waals surface area contributed by atoms with Crippen molar-refractivity contribution < 1.29 is 9.53 Å². The van der Waals surface area contributed by atoms with Crippen molar-refractivity contribution in [3.63, 3.8) is 0 Å². The van der Waals surface area contributed by atoms with E-state index in [-0.39, 0.29) is 11.9 Å².